The molecule has 0 N–H and O–H groups in total. The van der Waals surface area contributed by atoms with Crippen LogP contribution >= 0.6 is 10.4 Å². The molecule has 0 fully saturated rings. The van der Waals surface area contributed by atoms with Crippen molar-refractivity contribution in [1.29, 1.82) is 0 Å². The summed E-state index contributed by atoms with van der Waals surface area (Å²) in [6, 6.07) is 49.1. The minimum atomic E-state index is -1.74. The van der Waals surface area contributed by atoms with Gasteiger partial charge in [0.05, 0.1) is 22.7 Å². The molecule has 0 aliphatic carbocycles. The summed E-state index contributed by atoms with van der Waals surface area (Å²) in [5, 5.41) is 0. The summed E-state index contributed by atoms with van der Waals surface area (Å²) < 4.78 is 5.31. The van der Waals surface area contributed by atoms with E-state index in [1.807, 2.05) is 0 Å². The molecule has 2 nitrogen and oxygen atoms in total. The van der Waals surface area contributed by atoms with Crippen LogP contribution in [-0.2, 0) is 6.42 Å². The van der Waals surface area contributed by atoms with Crippen LogP contribution in [0.15, 0.2) is 138 Å². The first kappa shape index (κ1) is 23.4. The maximum absolute atomic E-state index is 2.65. The summed E-state index contributed by atoms with van der Waals surface area (Å²) in [7, 11) is -1.74. The third-order valence-electron chi connectivity index (χ3n) is 7.10. The molecule has 3 heteroatoms. The van der Waals surface area contributed by atoms with Crippen LogP contribution in [0.5, 0.6) is 0 Å². The summed E-state index contributed by atoms with van der Waals surface area (Å²) in [5.74, 6) is 0.997. The van der Waals surface area contributed by atoms with Gasteiger partial charge in [-0.2, -0.15) is 0 Å². The fraction of sp³-hybridized carbons (Fsp3) is 0.118. The average Bonchev–Trinajstić information content (AvgIpc) is 3.25. The van der Waals surface area contributed by atoms with Crippen molar-refractivity contribution in [2.45, 2.75) is 25.2 Å². The number of hydrogen-bond donors (Lipinski definition) is 0. The van der Waals surface area contributed by atoms with E-state index in [0.29, 0.717) is 0 Å². The highest BCUT2D eigenvalue weighted by Gasteiger charge is 2.48. The molecule has 5 aromatic carbocycles. The number of rotatable bonds is 6. The van der Waals surface area contributed by atoms with Crippen molar-refractivity contribution in [2.24, 2.45) is 0 Å². The van der Waals surface area contributed by atoms with Gasteiger partial charge in [-0.1, -0.05) is 106 Å². The third kappa shape index (κ3) is 4.20. The van der Waals surface area contributed by atoms with Crippen LogP contribution in [0.25, 0.3) is 0 Å². The Morgan fingerprint density at radius 2 is 0.919 bits per heavy atom. The zero-order valence-electron chi connectivity index (χ0n) is 21.4. The summed E-state index contributed by atoms with van der Waals surface area (Å²) in [4.78, 5) is 1.36. The Kier molecular flexibility index (Phi) is 6.23. The van der Waals surface area contributed by atoms with Crippen molar-refractivity contribution in [2.75, 3.05) is 14.4 Å². The van der Waals surface area contributed by atoms with Crippen molar-refractivity contribution >= 4 is 33.1 Å². The lowest BCUT2D eigenvalue weighted by Crippen LogP contribution is -2.32. The van der Waals surface area contributed by atoms with Crippen molar-refractivity contribution in [3.05, 3.63) is 150 Å². The molecule has 1 aliphatic heterocycles. The molecule has 0 saturated carbocycles. The quantitative estimate of drug-likeness (QED) is 0.229. The normalized spacial score (nSPS) is 14.9. The largest absolute Gasteiger partial charge is 0.281 e. The second-order valence-electron chi connectivity index (χ2n) is 9.67. The lowest BCUT2D eigenvalue weighted by molar-refractivity contribution is 1.12. The molecule has 0 aromatic heterocycles. The van der Waals surface area contributed by atoms with Gasteiger partial charge in [-0.05, 0) is 74.4 Å². The summed E-state index contributed by atoms with van der Waals surface area (Å²) >= 11 is 0. The maximum Gasteiger partial charge on any atom is 0.0774 e. The predicted octanol–water partition coefficient (Wildman–Crippen LogP) is 9.53. The van der Waals surface area contributed by atoms with Crippen LogP contribution in [0.2, 0.25) is 0 Å². The van der Waals surface area contributed by atoms with E-state index in [1.165, 1.54) is 44.3 Å². The number of aryl methyl sites for hydroxylation is 3. The Hall–Kier alpha value is -3.95. The van der Waals surface area contributed by atoms with Gasteiger partial charge in [0.25, 0.3) is 0 Å². The first-order valence-corrected chi connectivity index (χ1v) is 14.6. The van der Waals surface area contributed by atoms with E-state index in [4.69, 9.17) is 0 Å². The Balaban J connectivity index is 1.64. The number of anilines is 4. The minimum absolute atomic E-state index is 0.990. The van der Waals surface area contributed by atoms with Gasteiger partial charge < -0.3 is 0 Å². The molecule has 0 atom stereocenters. The Bertz CT molecular complexity index is 1410. The van der Waals surface area contributed by atoms with Gasteiger partial charge in [0, 0.05) is 10.6 Å². The molecule has 184 valence electrons. The molecule has 0 amide bonds. The Labute approximate surface area is 222 Å². The standard InChI is InChI=1S/C34H32N2S/c1-27-17-21-30(22-18-27)35-33-15-9-10-16-34(33)36(31-23-19-28(2)20-24-31)37(35,32-13-7-4-8-14-32)26-25-29-11-5-3-6-12-29/h3-24H,25-26H2,1-2H3. The van der Waals surface area contributed by atoms with Gasteiger partial charge in [0.1, 0.15) is 0 Å². The number of para-hydroxylation sites is 2. The molecular weight excluding hydrogens is 468 g/mol. The topological polar surface area (TPSA) is 6.48 Å². The molecule has 0 radical (unpaired) electrons. The summed E-state index contributed by atoms with van der Waals surface area (Å²) in [5.41, 5.74) is 8.92. The monoisotopic (exact) mass is 500 g/mol. The number of benzene rings is 5. The highest BCUT2D eigenvalue weighted by Crippen LogP contribution is 2.74. The van der Waals surface area contributed by atoms with E-state index in [2.05, 4.69) is 156 Å². The van der Waals surface area contributed by atoms with Crippen LogP contribution in [0.4, 0.5) is 22.7 Å². The summed E-state index contributed by atoms with van der Waals surface area (Å²) in [6.07, 6.45) is 0.990. The van der Waals surface area contributed by atoms with Gasteiger partial charge >= 0.3 is 0 Å². The summed E-state index contributed by atoms with van der Waals surface area (Å²) in [6.45, 7) is 4.32. The van der Waals surface area contributed by atoms with E-state index in [0.717, 1.165) is 12.2 Å². The molecule has 0 saturated heterocycles. The maximum atomic E-state index is 2.65. The molecule has 37 heavy (non-hydrogen) atoms. The van der Waals surface area contributed by atoms with Crippen LogP contribution < -0.4 is 8.61 Å². The van der Waals surface area contributed by atoms with Crippen LogP contribution in [0, 0.1) is 13.8 Å². The van der Waals surface area contributed by atoms with Crippen molar-refractivity contribution < 1.29 is 0 Å². The highest BCUT2D eigenvalue weighted by atomic mass is 32.3. The van der Waals surface area contributed by atoms with E-state index < -0.39 is 10.4 Å². The molecule has 6 rings (SSSR count). The predicted molar refractivity (Wildman–Crippen MR) is 160 cm³/mol. The SMILES string of the molecule is Cc1ccc(N2c3ccccc3N(c3ccc(C)cc3)S2(CCc2ccccc2)c2ccccc2)cc1. The first-order chi connectivity index (χ1) is 18.2. The first-order valence-electron chi connectivity index (χ1n) is 12.9. The number of fused-ring (bicyclic) bond motifs is 1. The Morgan fingerprint density at radius 1 is 0.486 bits per heavy atom. The van der Waals surface area contributed by atoms with E-state index in [1.54, 1.807) is 0 Å². The third-order valence-corrected chi connectivity index (χ3v) is 10.9. The highest BCUT2D eigenvalue weighted by molar-refractivity contribution is 8.36. The van der Waals surface area contributed by atoms with Gasteiger partial charge in [-0.15, -0.1) is 0 Å². The molecule has 1 aliphatic rings. The zero-order valence-corrected chi connectivity index (χ0v) is 22.2. The fourth-order valence-corrected chi connectivity index (χ4v) is 9.46. The second kappa shape index (κ2) is 9.84. The zero-order chi connectivity index (χ0) is 25.2. The molecule has 1 heterocycles. The molecule has 0 spiro atoms. The minimum Gasteiger partial charge on any atom is -0.281 e. The van der Waals surface area contributed by atoms with Gasteiger partial charge in [-0.25, -0.2) is 0 Å². The molecule has 0 unspecified atom stereocenters. The van der Waals surface area contributed by atoms with Crippen molar-refractivity contribution in [1.82, 2.24) is 0 Å². The lowest BCUT2D eigenvalue weighted by atomic mass is 10.2. The van der Waals surface area contributed by atoms with E-state index >= 15 is 0 Å². The second-order valence-corrected chi connectivity index (χ2v) is 12.6. The average molecular weight is 501 g/mol. The lowest BCUT2D eigenvalue weighted by Gasteiger charge is -2.51. The molecule has 0 bridgehead atoms. The van der Waals surface area contributed by atoms with Gasteiger partial charge in [0.15, 0.2) is 0 Å². The van der Waals surface area contributed by atoms with Gasteiger partial charge in [-0.3, -0.25) is 8.61 Å². The van der Waals surface area contributed by atoms with E-state index in [9.17, 15) is 0 Å². The molecule has 5 aromatic rings. The smallest absolute Gasteiger partial charge is 0.0774 e. The molecular formula is C34H32N2S. The van der Waals surface area contributed by atoms with Crippen molar-refractivity contribution in [3.8, 4) is 0 Å². The number of hydrogen-bond acceptors (Lipinski definition) is 2. The van der Waals surface area contributed by atoms with Crippen LogP contribution in [0.3, 0.4) is 0 Å². The van der Waals surface area contributed by atoms with Crippen LogP contribution in [0.1, 0.15) is 16.7 Å². The number of nitrogens with zero attached hydrogens (tertiary/aromatic N) is 2. The fourth-order valence-electron chi connectivity index (χ4n) is 5.26. The van der Waals surface area contributed by atoms with Crippen molar-refractivity contribution in [3.63, 3.8) is 0 Å². The van der Waals surface area contributed by atoms with Crippen LogP contribution in [-0.4, -0.2) is 5.75 Å². The van der Waals surface area contributed by atoms with Gasteiger partial charge in [0.2, 0.25) is 0 Å². The van der Waals surface area contributed by atoms with E-state index in [-0.39, 0.29) is 0 Å². The Morgan fingerprint density at radius 3 is 1.41 bits per heavy atom.